The number of nitrogens with zero attached hydrogens (tertiary/aromatic N) is 2. The van der Waals surface area contributed by atoms with E-state index in [1.807, 2.05) is 0 Å². The molecule has 1 aliphatic rings. The maximum Gasteiger partial charge on any atom is 0.419 e. The van der Waals surface area contributed by atoms with Crippen LogP contribution in [0, 0.1) is 11.8 Å². The van der Waals surface area contributed by atoms with Gasteiger partial charge in [0.15, 0.2) is 0 Å². The van der Waals surface area contributed by atoms with Crippen LogP contribution in [-0.4, -0.2) is 30.2 Å². The number of aromatic nitrogens is 1. The maximum atomic E-state index is 12.9. The number of hydrogen-bond acceptors (Lipinski definition) is 3. The van der Waals surface area contributed by atoms with Crippen molar-refractivity contribution in [3.63, 3.8) is 0 Å². The molecule has 0 saturated carbocycles. The van der Waals surface area contributed by atoms with Crippen molar-refractivity contribution in [3.05, 3.63) is 23.9 Å². The normalized spacial score (nSPS) is 22.9. The number of carbonyl (C=O) groups excluding carboxylic acids is 1. The molecule has 1 aromatic rings. The van der Waals surface area contributed by atoms with E-state index in [1.54, 1.807) is 0 Å². The molecule has 0 aromatic carbocycles. The molecule has 1 aliphatic heterocycles. The third-order valence-electron chi connectivity index (χ3n) is 3.50. The summed E-state index contributed by atoms with van der Waals surface area (Å²) in [4.78, 5) is 15.5. The van der Waals surface area contributed by atoms with Gasteiger partial charge in [-0.1, -0.05) is 0 Å². The molecule has 0 unspecified atom stereocenters. The lowest BCUT2D eigenvalue weighted by Crippen LogP contribution is -2.37. The molecule has 2 atom stereocenters. The van der Waals surface area contributed by atoms with E-state index in [1.165, 1.54) is 0 Å². The molecular weight excluding hydrogens is 316 g/mol. The quantitative estimate of drug-likeness (QED) is 0.847. The zero-order valence-corrected chi connectivity index (χ0v) is 10.9. The minimum absolute atomic E-state index is 0.556. The third-order valence-corrected chi connectivity index (χ3v) is 3.50. The fraction of sp³-hybridized carbons (Fsp3) is 0.500. The average Bonchev–Trinajstić information content (AvgIpc) is 2.82. The lowest BCUT2D eigenvalue weighted by atomic mass is 9.95. The number of anilines is 1. The zero-order valence-electron chi connectivity index (χ0n) is 10.9. The van der Waals surface area contributed by atoms with Gasteiger partial charge < -0.3 is 10.6 Å². The van der Waals surface area contributed by atoms with Gasteiger partial charge in [0.05, 0.1) is 17.4 Å². The van der Waals surface area contributed by atoms with E-state index in [-0.39, 0.29) is 0 Å². The first-order valence-electron chi connectivity index (χ1n) is 6.15. The lowest BCUT2D eigenvalue weighted by Gasteiger charge is -2.22. The first-order valence-corrected chi connectivity index (χ1v) is 6.15. The molecule has 0 aliphatic carbocycles. The number of alkyl halides is 6. The number of nitrogens with two attached hydrogens (primary N) is 1. The summed E-state index contributed by atoms with van der Waals surface area (Å²) in [5.41, 5.74) is 3.79. The minimum atomic E-state index is -4.76. The smallest absolute Gasteiger partial charge is 0.369 e. The Labute approximate surface area is 120 Å². The zero-order chi connectivity index (χ0) is 16.7. The summed E-state index contributed by atoms with van der Waals surface area (Å²) in [7, 11) is 0. The molecule has 0 radical (unpaired) electrons. The monoisotopic (exact) mass is 327 g/mol. The molecule has 1 amide bonds. The average molecular weight is 327 g/mol. The molecule has 1 aromatic heterocycles. The van der Waals surface area contributed by atoms with Gasteiger partial charge in [0.2, 0.25) is 5.91 Å². The van der Waals surface area contributed by atoms with E-state index < -0.39 is 54.6 Å². The second kappa shape index (κ2) is 5.33. The second-order valence-corrected chi connectivity index (χ2v) is 4.93. The fourth-order valence-corrected chi connectivity index (χ4v) is 2.47. The van der Waals surface area contributed by atoms with Crippen LogP contribution in [0.5, 0.6) is 0 Å². The van der Waals surface area contributed by atoms with Crippen molar-refractivity contribution in [2.24, 2.45) is 17.6 Å². The molecule has 122 valence electrons. The predicted molar refractivity (Wildman–Crippen MR) is 63.7 cm³/mol. The summed E-state index contributed by atoms with van der Waals surface area (Å²) in [6, 6.07) is 1.76. The van der Waals surface area contributed by atoms with Crippen LogP contribution in [-0.2, 0) is 11.0 Å². The van der Waals surface area contributed by atoms with Gasteiger partial charge in [0, 0.05) is 19.3 Å². The van der Waals surface area contributed by atoms with Crippen LogP contribution in [0.1, 0.15) is 5.56 Å². The van der Waals surface area contributed by atoms with E-state index in [2.05, 4.69) is 4.98 Å². The summed E-state index contributed by atoms with van der Waals surface area (Å²) in [5, 5.41) is 0. The highest BCUT2D eigenvalue weighted by atomic mass is 19.4. The standard InChI is InChI=1S/C12H11F6N3O/c13-11(14,15)7-2-1-3-20-10(7)21-4-6(9(19)22)8(5-21)12(16,17)18/h1-3,6,8H,4-5H2,(H2,19,22)/t6-,8-/m1/s1. The van der Waals surface area contributed by atoms with Gasteiger partial charge in [-0.05, 0) is 12.1 Å². The topological polar surface area (TPSA) is 59.2 Å². The molecule has 1 saturated heterocycles. The number of hydrogen-bond donors (Lipinski definition) is 1. The Morgan fingerprint density at radius 1 is 1.23 bits per heavy atom. The van der Waals surface area contributed by atoms with Crippen molar-refractivity contribution in [1.82, 2.24) is 4.98 Å². The van der Waals surface area contributed by atoms with Gasteiger partial charge in [-0.3, -0.25) is 4.79 Å². The first kappa shape index (κ1) is 16.4. The van der Waals surface area contributed by atoms with Gasteiger partial charge in [-0.25, -0.2) is 4.98 Å². The highest BCUT2D eigenvalue weighted by Gasteiger charge is 2.53. The van der Waals surface area contributed by atoms with Gasteiger partial charge in [0.1, 0.15) is 5.82 Å². The van der Waals surface area contributed by atoms with E-state index >= 15 is 0 Å². The number of halogens is 6. The summed E-state index contributed by atoms with van der Waals surface area (Å²) in [6.07, 6.45) is -8.45. The molecule has 10 heteroatoms. The van der Waals surface area contributed by atoms with Gasteiger partial charge in [0.25, 0.3) is 0 Å². The van der Waals surface area contributed by atoms with E-state index in [0.29, 0.717) is 0 Å². The maximum absolute atomic E-state index is 12.9. The number of amides is 1. The molecular formula is C12H11F6N3O. The number of carbonyl (C=O) groups is 1. The van der Waals surface area contributed by atoms with Crippen LogP contribution < -0.4 is 10.6 Å². The molecule has 22 heavy (non-hydrogen) atoms. The summed E-state index contributed by atoms with van der Waals surface area (Å²) < 4.78 is 77.5. The Morgan fingerprint density at radius 2 is 1.86 bits per heavy atom. The molecule has 2 N–H and O–H groups in total. The van der Waals surface area contributed by atoms with Crippen LogP contribution in [0.4, 0.5) is 32.2 Å². The minimum Gasteiger partial charge on any atom is -0.369 e. The van der Waals surface area contributed by atoms with Crippen molar-refractivity contribution in [2.75, 3.05) is 18.0 Å². The van der Waals surface area contributed by atoms with Crippen molar-refractivity contribution in [1.29, 1.82) is 0 Å². The summed E-state index contributed by atoms with van der Waals surface area (Å²) >= 11 is 0. The van der Waals surface area contributed by atoms with Crippen molar-refractivity contribution >= 4 is 11.7 Å². The molecule has 0 spiro atoms. The largest absolute Gasteiger partial charge is 0.419 e. The Hall–Kier alpha value is -2.00. The van der Waals surface area contributed by atoms with E-state index in [0.717, 1.165) is 23.2 Å². The van der Waals surface area contributed by atoms with E-state index in [4.69, 9.17) is 5.73 Å². The Morgan fingerprint density at radius 3 is 2.32 bits per heavy atom. The highest BCUT2D eigenvalue weighted by molar-refractivity contribution is 5.78. The van der Waals surface area contributed by atoms with Gasteiger partial charge >= 0.3 is 12.4 Å². The van der Waals surface area contributed by atoms with Crippen LogP contribution >= 0.6 is 0 Å². The van der Waals surface area contributed by atoms with Crippen LogP contribution in [0.2, 0.25) is 0 Å². The Balaban J connectivity index is 2.38. The summed E-state index contributed by atoms with van der Waals surface area (Å²) in [6.45, 7) is -1.35. The van der Waals surface area contributed by atoms with Crippen molar-refractivity contribution in [2.45, 2.75) is 12.4 Å². The first-order chi connectivity index (χ1) is 10.0. The molecule has 2 rings (SSSR count). The van der Waals surface area contributed by atoms with Crippen LogP contribution in [0.15, 0.2) is 18.3 Å². The third kappa shape index (κ3) is 3.09. The highest BCUT2D eigenvalue weighted by Crippen LogP contribution is 2.42. The van der Waals surface area contributed by atoms with Crippen molar-refractivity contribution in [3.8, 4) is 0 Å². The van der Waals surface area contributed by atoms with Crippen LogP contribution in [0.3, 0.4) is 0 Å². The number of primary amides is 1. The fourth-order valence-electron chi connectivity index (χ4n) is 2.47. The molecule has 0 bridgehead atoms. The van der Waals surface area contributed by atoms with Crippen molar-refractivity contribution < 1.29 is 31.1 Å². The molecule has 4 nitrogen and oxygen atoms in total. The van der Waals surface area contributed by atoms with Gasteiger partial charge in [-0.2, -0.15) is 26.3 Å². The SMILES string of the molecule is NC(=O)[C@@H]1CN(c2ncccc2C(F)(F)F)C[C@H]1C(F)(F)F. The van der Waals surface area contributed by atoms with Crippen LogP contribution in [0.25, 0.3) is 0 Å². The molecule has 2 heterocycles. The molecule has 1 fully saturated rings. The lowest BCUT2D eigenvalue weighted by molar-refractivity contribution is -0.181. The predicted octanol–water partition coefficient (Wildman–Crippen LogP) is 2.20. The number of rotatable bonds is 2. The Kier molecular flexibility index (Phi) is 3.96. The van der Waals surface area contributed by atoms with Gasteiger partial charge in [-0.15, -0.1) is 0 Å². The second-order valence-electron chi connectivity index (χ2n) is 4.93. The van der Waals surface area contributed by atoms with E-state index in [9.17, 15) is 31.1 Å². The summed E-state index contributed by atoms with van der Waals surface area (Å²) in [5.74, 6) is -5.56. The Bertz CT molecular complexity index is 571. The number of pyridine rings is 1.